The van der Waals surface area contributed by atoms with Gasteiger partial charge in [-0.1, -0.05) is 18.7 Å². The molecule has 0 aromatic carbocycles. The first-order valence-electron chi connectivity index (χ1n) is 4.51. The van der Waals surface area contributed by atoms with Crippen molar-refractivity contribution in [3.63, 3.8) is 0 Å². The molecule has 74 valence electrons. The predicted molar refractivity (Wildman–Crippen MR) is 56.7 cm³/mol. The number of rotatable bonds is 2. The summed E-state index contributed by atoms with van der Waals surface area (Å²) in [5.41, 5.74) is 2.08. The monoisotopic (exact) mass is 208 g/mol. The molecule has 2 aromatic heterocycles. The Hall–Kier alpha value is -1.10. The zero-order valence-corrected chi connectivity index (χ0v) is 9.30. The molecule has 5 heteroatoms. The van der Waals surface area contributed by atoms with Crippen LogP contribution in [0, 0.1) is 6.92 Å². The molecule has 0 aliphatic rings. The van der Waals surface area contributed by atoms with E-state index in [0.717, 1.165) is 28.6 Å². The van der Waals surface area contributed by atoms with Crippen LogP contribution in [0.3, 0.4) is 0 Å². The lowest BCUT2D eigenvalue weighted by atomic mass is 10.4. The van der Waals surface area contributed by atoms with Gasteiger partial charge in [0.2, 0.25) is 0 Å². The number of fused-ring (bicyclic) bond motifs is 1. The first kappa shape index (κ1) is 9.45. The summed E-state index contributed by atoms with van der Waals surface area (Å²) in [5, 5.41) is 8.95. The first-order chi connectivity index (χ1) is 6.77. The van der Waals surface area contributed by atoms with E-state index in [2.05, 4.69) is 26.5 Å². The number of aryl methyl sites for hydroxylation is 2. The summed E-state index contributed by atoms with van der Waals surface area (Å²) in [4.78, 5) is 4.49. The molecule has 0 unspecified atom stereocenters. The number of aromatic nitrogens is 4. The Labute approximate surface area is 86.8 Å². The fourth-order valence-electron chi connectivity index (χ4n) is 1.51. The van der Waals surface area contributed by atoms with E-state index < -0.39 is 0 Å². The fourth-order valence-corrected chi connectivity index (χ4v) is 2.03. The maximum atomic E-state index is 4.49. The normalized spacial score (nSPS) is 11.1. The van der Waals surface area contributed by atoms with Crippen LogP contribution in [-0.2, 0) is 6.42 Å². The van der Waals surface area contributed by atoms with Crippen LogP contribution in [0.2, 0.25) is 0 Å². The first-order valence-corrected chi connectivity index (χ1v) is 5.74. The Kier molecular flexibility index (Phi) is 2.41. The summed E-state index contributed by atoms with van der Waals surface area (Å²) in [6.07, 6.45) is 4.67. The summed E-state index contributed by atoms with van der Waals surface area (Å²) < 4.78 is 2.08. The molecule has 0 N–H and O–H groups in total. The van der Waals surface area contributed by atoms with E-state index in [0.29, 0.717) is 0 Å². The highest BCUT2D eigenvalue weighted by Gasteiger charge is 2.10. The maximum Gasteiger partial charge on any atom is 0.195 e. The third-order valence-electron chi connectivity index (χ3n) is 2.18. The van der Waals surface area contributed by atoms with Gasteiger partial charge in [0.15, 0.2) is 5.16 Å². The second-order valence-electron chi connectivity index (χ2n) is 3.02. The molecule has 0 fully saturated rings. The number of hydrogen-bond donors (Lipinski definition) is 0. The standard InChI is InChI=1S/C9H12N4S/c1-4-8-11-6(2)7-5-10-12-9(14-3)13(7)8/h5H,4H2,1-3H3. The third kappa shape index (κ3) is 1.28. The van der Waals surface area contributed by atoms with Crippen LogP contribution in [0.4, 0.5) is 0 Å². The van der Waals surface area contributed by atoms with Gasteiger partial charge in [0.05, 0.1) is 17.4 Å². The molecule has 2 heterocycles. The van der Waals surface area contributed by atoms with Gasteiger partial charge in [-0.25, -0.2) is 4.98 Å². The summed E-state index contributed by atoms with van der Waals surface area (Å²) in [5.74, 6) is 1.05. The minimum atomic E-state index is 0.903. The summed E-state index contributed by atoms with van der Waals surface area (Å²) >= 11 is 1.59. The van der Waals surface area contributed by atoms with E-state index in [9.17, 15) is 0 Å². The van der Waals surface area contributed by atoms with Gasteiger partial charge in [-0.15, -0.1) is 5.10 Å². The molecule has 0 bridgehead atoms. The average molecular weight is 208 g/mol. The van der Waals surface area contributed by atoms with E-state index in [-0.39, 0.29) is 0 Å². The van der Waals surface area contributed by atoms with Gasteiger partial charge in [-0.2, -0.15) is 5.10 Å². The van der Waals surface area contributed by atoms with Crippen molar-refractivity contribution in [1.29, 1.82) is 0 Å². The van der Waals surface area contributed by atoms with Crippen molar-refractivity contribution in [2.75, 3.05) is 6.26 Å². The zero-order chi connectivity index (χ0) is 10.1. The van der Waals surface area contributed by atoms with Crippen LogP contribution in [0.1, 0.15) is 18.4 Å². The van der Waals surface area contributed by atoms with E-state index in [1.807, 2.05) is 13.2 Å². The molecular formula is C9H12N4S. The van der Waals surface area contributed by atoms with Crippen molar-refractivity contribution >= 4 is 17.3 Å². The lowest BCUT2D eigenvalue weighted by molar-refractivity contribution is 0.766. The van der Waals surface area contributed by atoms with Gasteiger partial charge in [0, 0.05) is 6.42 Å². The Balaban J connectivity index is 2.82. The van der Waals surface area contributed by atoms with Crippen molar-refractivity contribution in [3.05, 3.63) is 17.7 Å². The minimum Gasteiger partial charge on any atom is -0.272 e. The average Bonchev–Trinajstić information content (AvgIpc) is 2.56. The van der Waals surface area contributed by atoms with E-state index >= 15 is 0 Å². The predicted octanol–water partition coefficient (Wildman–Crippen LogP) is 1.72. The molecule has 0 saturated carbocycles. The van der Waals surface area contributed by atoms with Crippen LogP contribution in [0.15, 0.2) is 11.4 Å². The quantitative estimate of drug-likeness (QED) is 0.705. The third-order valence-corrected chi connectivity index (χ3v) is 2.81. The molecule has 0 amide bonds. The smallest absolute Gasteiger partial charge is 0.195 e. The Morgan fingerprint density at radius 3 is 2.93 bits per heavy atom. The highest BCUT2D eigenvalue weighted by atomic mass is 32.2. The Morgan fingerprint density at radius 1 is 1.50 bits per heavy atom. The SMILES string of the molecule is CCc1nc(C)c2cnnc(SC)n12. The van der Waals surface area contributed by atoms with Gasteiger partial charge in [-0.05, 0) is 13.2 Å². The molecular weight excluding hydrogens is 196 g/mol. The zero-order valence-electron chi connectivity index (χ0n) is 8.48. The number of thioether (sulfide) groups is 1. The molecule has 14 heavy (non-hydrogen) atoms. The van der Waals surface area contributed by atoms with Crippen LogP contribution < -0.4 is 0 Å². The maximum absolute atomic E-state index is 4.49. The number of hydrogen-bond acceptors (Lipinski definition) is 4. The molecule has 0 spiro atoms. The Morgan fingerprint density at radius 2 is 2.29 bits per heavy atom. The van der Waals surface area contributed by atoms with Gasteiger partial charge in [0.25, 0.3) is 0 Å². The summed E-state index contributed by atoms with van der Waals surface area (Å²) in [6, 6.07) is 0. The van der Waals surface area contributed by atoms with Crippen molar-refractivity contribution in [2.24, 2.45) is 0 Å². The minimum absolute atomic E-state index is 0.903. The van der Waals surface area contributed by atoms with Gasteiger partial charge in [0.1, 0.15) is 5.82 Å². The second-order valence-corrected chi connectivity index (χ2v) is 3.79. The summed E-state index contributed by atoms with van der Waals surface area (Å²) in [7, 11) is 0. The van der Waals surface area contributed by atoms with E-state index in [4.69, 9.17) is 0 Å². The highest BCUT2D eigenvalue weighted by molar-refractivity contribution is 7.98. The molecule has 0 saturated heterocycles. The van der Waals surface area contributed by atoms with E-state index in [1.165, 1.54) is 0 Å². The summed E-state index contributed by atoms with van der Waals surface area (Å²) in [6.45, 7) is 4.10. The van der Waals surface area contributed by atoms with Crippen LogP contribution >= 0.6 is 11.8 Å². The van der Waals surface area contributed by atoms with Crippen molar-refractivity contribution in [3.8, 4) is 0 Å². The van der Waals surface area contributed by atoms with Crippen molar-refractivity contribution in [2.45, 2.75) is 25.4 Å². The van der Waals surface area contributed by atoms with Crippen LogP contribution in [0.5, 0.6) is 0 Å². The van der Waals surface area contributed by atoms with Crippen molar-refractivity contribution < 1.29 is 0 Å². The highest BCUT2D eigenvalue weighted by Crippen LogP contribution is 2.18. The molecule has 2 rings (SSSR count). The van der Waals surface area contributed by atoms with Crippen molar-refractivity contribution in [1.82, 2.24) is 19.6 Å². The fraction of sp³-hybridized carbons (Fsp3) is 0.444. The van der Waals surface area contributed by atoms with E-state index in [1.54, 1.807) is 18.0 Å². The largest absolute Gasteiger partial charge is 0.272 e. The number of nitrogens with zero attached hydrogens (tertiary/aromatic N) is 4. The van der Waals surface area contributed by atoms with Gasteiger partial charge < -0.3 is 0 Å². The number of imidazole rings is 1. The molecule has 0 atom stereocenters. The molecule has 0 aliphatic heterocycles. The topological polar surface area (TPSA) is 43.1 Å². The van der Waals surface area contributed by atoms with Gasteiger partial charge >= 0.3 is 0 Å². The van der Waals surface area contributed by atoms with Crippen LogP contribution in [-0.4, -0.2) is 25.8 Å². The second kappa shape index (κ2) is 3.57. The van der Waals surface area contributed by atoms with Crippen LogP contribution in [0.25, 0.3) is 5.52 Å². The Bertz CT molecular complexity index is 463. The lowest BCUT2D eigenvalue weighted by Gasteiger charge is -2.01. The lowest BCUT2D eigenvalue weighted by Crippen LogP contribution is -1.99. The molecule has 0 aliphatic carbocycles. The molecule has 0 radical (unpaired) electrons. The molecule has 4 nitrogen and oxygen atoms in total. The van der Waals surface area contributed by atoms with Gasteiger partial charge in [-0.3, -0.25) is 4.40 Å². The molecule has 2 aromatic rings.